The van der Waals surface area contributed by atoms with Crippen LogP contribution in [0.25, 0.3) is 0 Å². The summed E-state index contributed by atoms with van der Waals surface area (Å²) in [7, 11) is 0. The van der Waals surface area contributed by atoms with Gasteiger partial charge < -0.3 is 10.2 Å². The van der Waals surface area contributed by atoms with E-state index in [1.54, 1.807) is 0 Å². The van der Waals surface area contributed by atoms with Crippen molar-refractivity contribution in [2.24, 2.45) is 17.2 Å². The number of rotatable bonds is 1. The second kappa shape index (κ2) is 1.05. The molecule has 3 nitrogen and oxygen atoms in total. The van der Waals surface area contributed by atoms with Crippen molar-refractivity contribution in [1.29, 1.82) is 0 Å². The van der Waals surface area contributed by atoms with Crippen LogP contribution in [0.15, 0.2) is 0 Å². The third kappa shape index (κ3) is 0.305. The highest BCUT2D eigenvalue weighted by Crippen LogP contribution is 2.74. The molecule has 0 bridgehead atoms. The maximum absolute atomic E-state index is 5.11. The van der Waals surface area contributed by atoms with E-state index in [1.807, 2.05) is 0 Å². The Kier molecular flexibility index (Phi) is 0.542. The lowest BCUT2D eigenvalue weighted by atomic mass is 10.3. The lowest BCUT2D eigenvalue weighted by molar-refractivity contribution is 0.0960. The Bertz CT molecular complexity index is 166. The SMILES string of the molecule is NOC1C2CNC3CC321. The van der Waals surface area contributed by atoms with Gasteiger partial charge in [-0.3, -0.25) is 0 Å². The molecule has 1 spiro atoms. The largest absolute Gasteiger partial charge is 0.313 e. The lowest BCUT2D eigenvalue weighted by Gasteiger charge is -1.98. The van der Waals surface area contributed by atoms with Gasteiger partial charge in [-0.15, -0.1) is 0 Å². The maximum Gasteiger partial charge on any atom is 0.0910 e. The Labute approximate surface area is 53.5 Å². The van der Waals surface area contributed by atoms with E-state index in [9.17, 15) is 0 Å². The molecule has 0 amide bonds. The minimum absolute atomic E-state index is 0.406. The van der Waals surface area contributed by atoms with Crippen LogP contribution in [0, 0.1) is 11.3 Å². The van der Waals surface area contributed by atoms with Crippen LogP contribution in [0.5, 0.6) is 0 Å². The van der Waals surface area contributed by atoms with Crippen molar-refractivity contribution in [2.75, 3.05) is 6.54 Å². The van der Waals surface area contributed by atoms with Gasteiger partial charge in [0.15, 0.2) is 0 Å². The van der Waals surface area contributed by atoms with E-state index in [-0.39, 0.29) is 0 Å². The Balaban J connectivity index is 1.90. The summed E-state index contributed by atoms with van der Waals surface area (Å²) in [6.07, 6.45) is 1.71. The van der Waals surface area contributed by atoms with Gasteiger partial charge in [0.2, 0.25) is 0 Å². The standard InChI is InChI=1S/C6H10N2O/c7-9-5-3-2-8-4-1-6(3,4)5/h3-5,8H,1-2,7H2. The topological polar surface area (TPSA) is 47.3 Å². The molecule has 1 aliphatic heterocycles. The van der Waals surface area contributed by atoms with E-state index in [0.29, 0.717) is 11.5 Å². The summed E-state index contributed by atoms with van der Waals surface area (Å²) >= 11 is 0. The van der Waals surface area contributed by atoms with Gasteiger partial charge in [-0.05, 0) is 6.42 Å². The summed E-state index contributed by atoms with van der Waals surface area (Å²) in [5, 5.41) is 3.41. The zero-order chi connectivity index (χ0) is 6.06. The van der Waals surface area contributed by atoms with Crippen molar-refractivity contribution in [3.05, 3.63) is 0 Å². The van der Waals surface area contributed by atoms with E-state index in [2.05, 4.69) is 5.32 Å². The normalized spacial score (nSPS) is 67.0. The van der Waals surface area contributed by atoms with Gasteiger partial charge in [0.05, 0.1) is 6.10 Å². The fourth-order valence-corrected chi connectivity index (χ4v) is 2.57. The summed E-state index contributed by atoms with van der Waals surface area (Å²) in [6, 6.07) is 0.760. The molecule has 3 aliphatic rings. The minimum Gasteiger partial charge on any atom is -0.313 e. The monoisotopic (exact) mass is 126 g/mol. The third-order valence-corrected chi connectivity index (χ3v) is 3.25. The Morgan fingerprint density at radius 3 is 2.89 bits per heavy atom. The van der Waals surface area contributed by atoms with Crippen LogP contribution in [-0.2, 0) is 4.84 Å². The molecule has 0 radical (unpaired) electrons. The van der Waals surface area contributed by atoms with Crippen molar-refractivity contribution in [1.82, 2.24) is 5.32 Å². The molecule has 2 saturated carbocycles. The zero-order valence-electron chi connectivity index (χ0n) is 5.13. The maximum atomic E-state index is 5.11. The summed E-state index contributed by atoms with van der Waals surface area (Å²) in [6.45, 7) is 1.13. The smallest absolute Gasteiger partial charge is 0.0910 e. The molecule has 50 valence electrons. The highest BCUT2D eigenvalue weighted by atomic mass is 16.6. The quantitative estimate of drug-likeness (QED) is 0.454. The molecule has 0 aromatic carbocycles. The molecule has 3 heteroatoms. The highest BCUT2D eigenvalue weighted by Gasteiger charge is 2.82. The molecular formula is C6H10N2O. The first kappa shape index (κ1) is 4.66. The van der Waals surface area contributed by atoms with Crippen molar-refractivity contribution in [3.8, 4) is 0 Å². The van der Waals surface area contributed by atoms with E-state index in [4.69, 9.17) is 10.7 Å². The van der Waals surface area contributed by atoms with Gasteiger partial charge >= 0.3 is 0 Å². The Hall–Kier alpha value is -0.120. The van der Waals surface area contributed by atoms with Gasteiger partial charge in [-0.1, -0.05) is 0 Å². The molecule has 3 rings (SSSR count). The van der Waals surface area contributed by atoms with Gasteiger partial charge in [-0.25, -0.2) is 5.90 Å². The van der Waals surface area contributed by atoms with Crippen molar-refractivity contribution in [2.45, 2.75) is 18.6 Å². The van der Waals surface area contributed by atoms with Crippen LogP contribution in [0.2, 0.25) is 0 Å². The molecule has 4 unspecified atom stereocenters. The molecule has 4 atom stereocenters. The minimum atomic E-state index is 0.406. The first-order chi connectivity index (χ1) is 4.39. The average molecular weight is 126 g/mol. The van der Waals surface area contributed by atoms with Gasteiger partial charge in [-0.2, -0.15) is 0 Å². The number of hydrogen-bond acceptors (Lipinski definition) is 3. The van der Waals surface area contributed by atoms with Crippen molar-refractivity contribution >= 4 is 0 Å². The van der Waals surface area contributed by atoms with Gasteiger partial charge in [0.1, 0.15) is 0 Å². The van der Waals surface area contributed by atoms with Crippen molar-refractivity contribution < 1.29 is 4.84 Å². The fraction of sp³-hybridized carbons (Fsp3) is 1.00. The average Bonchev–Trinajstić information content (AvgIpc) is 2.71. The molecule has 1 heterocycles. The molecule has 2 aliphatic carbocycles. The van der Waals surface area contributed by atoms with Crippen LogP contribution < -0.4 is 11.2 Å². The second-order valence-corrected chi connectivity index (χ2v) is 3.44. The predicted octanol–water partition coefficient (Wildman–Crippen LogP) is -0.763. The fourth-order valence-electron chi connectivity index (χ4n) is 2.57. The van der Waals surface area contributed by atoms with Crippen LogP contribution in [0.3, 0.4) is 0 Å². The molecule has 3 N–H and O–H groups in total. The van der Waals surface area contributed by atoms with E-state index in [0.717, 1.165) is 18.5 Å². The summed E-state index contributed by atoms with van der Waals surface area (Å²) < 4.78 is 0. The number of piperidine rings is 2. The molecule has 3 fully saturated rings. The number of nitrogens with one attached hydrogen (secondary N) is 1. The first-order valence-corrected chi connectivity index (χ1v) is 3.48. The molecule has 9 heavy (non-hydrogen) atoms. The number of nitrogens with two attached hydrogens (primary N) is 1. The molecule has 0 aromatic rings. The van der Waals surface area contributed by atoms with Crippen LogP contribution >= 0.6 is 0 Å². The predicted molar refractivity (Wildman–Crippen MR) is 31.4 cm³/mol. The van der Waals surface area contributed by atoms with Crippen LogP contribution in [0.1, 0.15) is 6.42 Å². The molecule has 0 aromatic heterocycles. The molecular weight excluding hydrogens is 116 g/mol. The summed E-state index contributed by atoms with van der Waals surface area (Å²) in [5.41, 5.74) is 0.536. The highest BCUT2D eigenvalue weighted by molar-refractivity contribution is 5.34. The lowest BCUT2D eigenvalue weighted by Crippen LogP contribution is -2.21. The number of hydrogen-bond donors (Lipinski definition) is 2. The van der Waals surface area contributed by atoms with Gasteiger partial charge in [0, 0.05) is 23.9 Å². The van der Waals surface area contributed by atoms with Crippen LogP contribution in [-0.4, -0.2) is 18.7 Å². The van der Waals surface area contributed by atoms with E-state index < -0.39 is 0 Å². The summed E-state index contributed by atoms with van der Waals surface area (Å²) in [4.78, 5) is 4.83. The van der Waals surface area contributed by atoms with Crippen molar-refractivity contribution in [3.63, 3.8) is 0 Å². The van der Waals surface area contributed by atoms with Gasteiger partial charge in [0.25, 0.3) is 0 Å². The Morgan fingerprint density at radius 1 is 1.67 bits per heavy atom. The zero-order valence-corrected chi connectivity index (χ0v) is 5.13. The summed E-state index contributed by atoms with van der Waals surface area (Å²) in [5.74, 6) is 5.87. The Morgan fingerprint density at radius 2 is 2.56 bits per heavy atom. The molecule has 1 saturated heterocycles. The van der Waals surface area contributed by atoms with E-state index in [1.165, 1.54) is 6.42 Å². The first-order valence-electron chi connectivity index (χ1n) is 3.48. The van der Waals surface area contributed by atoms with E-state index >= 15 is 0 Å². The third-order valence-electron chi connectivity index (χ3n) is 3.25. The van der Waals surface area contributed by atoms with Crippen LogP contribution in [0.4, 0.5) is 0 Å². The second-order valence-electron chi connectivity index (χ2n) is 3.44.